The van der Waals surface area contributed by atoms with Crippen molar-refractivity contribution in [1.82, 2.24) is 9.62 Å². The highest BCUT2D eigenvalue weighted by Crippen LogP contribution is 2.08. The van der Waals surface area contributed by atoms with Crippen LogP contribution < -0.4 is 11.1 Å². The lowest BCUT2D eigenvalue weighted by atomic mass is 9.95. The molecular weight excluding hydrogens is 266 g/mol. The molecule has 0 fully saturated rings. The molecule has 0 aromatic rings. The molecule has 6 nitrogen and oxygen atoms in total. The fraction of sp³-hybridized carbons (Fsp3) is 0.917. The molecule has 1 atom stereocenters. The predicted molar refractivity (Wildman–Crippen MR) is 77.1 cm³/mol. The van der Waals surface area contributed by atoms with Gasteiger partial charge in [0.2, 0.25) is 15.9 Å². The van der Waals surface area contributed by atoms with Crippen LogP contribution in [0, 0.1) is 11.8 Å². The van der Waals surface area contributed by atoms with E-state index < -0.39 is 10.0 Å². The predicted octanol–water partition coefficient (Wildman–Crippen LogP) is 0.00510. The van der Waals surface area contributed by atoms with Crippen molar-refractivity contribution in [2.75, 3.05) is 32.4 Å². The van der Waals surface area contributed by atoms with Crippen LogP contribution in [0.2, 0.25) is 0 Å². The number of rotatable bonds is 9. The monoisotopic (exact) mass is 293 g/mol. The van der Waals surface area contributed by atoms with Gasteiger partial charge in [0, 0.05) is 26.2 Å². The molecule has 0 aliphatic rings. The Balaban J connectivity index is 4.07. The summed E-state index contributed by atoms with van der Waals surface area (Å²) in [4.78, 5) is 11.8. The molecule has 0 rings (SSSR count). The Kier molecular flexibility index (Phi) is 8.20. The molecule has 0 saturated carbocycles. The lowest BCUT2D eigenvalue weighted by Crippen LogP contribution is -2.39. The summed E-state index contributed by atoms with van der Waals surface area (Å²) in [6.07, 6.45) is 1.79. The standard InChI is InChI=1S/C12H27N3O3S/c1-5-15(19(4,17)18)8-6-7-14-12(16)11(9-13)10(2)3/h10-11H,5-9,13H2,1-4H3,(H,14,16). The maximum absolute atomic E-state index is 11.8. The van der Waals surface area contributed by atoms with Crippen molar-refractivity contribution in [2.45, 2.75) is 27.2 Å². The van der Waals surface area contributed by atoms with Crippen LogP contribution in [0.25, 0.3) is 0 Å². The Labute approximate surface area is 116 Å². The summed E-state index contributed by atoms with van der Waals surface area (Å²) in [6, 6.07) is 0. The Morgan fingerprint density at radius 3 is 2.32 bits per heavy atom. The van der Waals surface area contributed by atoms with E-state index >= 15 is 0 Å². The van der Waals surface area contributed by atoms with E-state index in [1.54, 1.807) is 6.92 Å². The summed E-state index contributed by atoms with van der Waals surface area (Å²) in [5.41, 5.74) is 5.56. The van der Waals surface area contributed by atoms with E-state index in [2.05, 4.69) is 5.32 Å². The van der Waals surface area contributed by atoms with Gasteiger partial charge < -0.3 is 11.1 Å². The number of sulfonamides is 1. The van der Waals surface area contributed by atoms with E-state index in [4.69, 9.17) is 5.73 Å². The van der Waals surface area contributed by atoms with Gasteiger partial charge in [-0.1, -0.05) is 20.8 Å². The van der Waals surface area contributed by atoms with E-state index in [0.29, 0.717) is 32.6 Å². The average molecular weight is 293 g/mol. The van der Waals surface area contributed by atoms with Crippen LogP contribution in [0.3, 0.4) is 0 Å². The SMILES string of the molecule is CCN(CCCNC(=O)C(CN)C(C)C)S(C)(=O)=O. The summed E-state index contributed by atoms with van der Waals surface area (Å²) >= 11 is 0. The summed E-state index contributed by atoms with van der Waals surface area (Å²) in [5.74, 6) is -0.0368. The molecule has 7 heteroatoms. The Hall–Kier alpha value is -0.660. The Bertz CT molecular complexity index is 368. The number of hydrogen-bond donors (Lipinski definition) is 2. The zero-order valence-electron chi connectivity index (χ0n) is 12.3. The normalized spacial score (nSPS) is 13.8. The molecule has 0 saturated heterocycles. The summed E-state index contributed by atoms with van der Waals surface area (Å²) in [7, 11) is -3.15. The van der Waals surface area contributed by atoms with Gasteiger partial charge in [0.25, 0.3) is 0 Å². The zero-order chi connectivity index (χ0) is 15.1. The number of nitrogens with two attached hydrogens (primary N) is 1. The van der Waals surface area contributed by atoms with Crippen molar-refractivity contribution in [3.63, 3.8) is 0 Å². The first-order valence-electron chi connectivity index (χ1n) is 6.66. The van der Waals surface area contributed by atoms with Gasteiger partial charge >= 0.3 is 0 Å². The van der Waals surface area contributed by atoms with Gasteiger partial charge in [0.1, 0.15) is 0 Å². The smallest absolute Gasteiger partial charge is 0.224 e. The maximum Gasteiger partial charge on any atom is 0.224 e. The molecular formula is C12H27N3O3S. The minimum atomic E-state index is -3.15. The molecule has 0 aromatic carbocycles. The van der Waals surface area contributed by atoms with Crippen LogP contribution in [0.1, 0.15) is 27.2 Å². The highest BCUT2D eigenvalue weighted by molar-refractivity contribution is 7.88. The van der Waals surface area contributed by atoms with E-state index in [1.807, 2.05) is 13.8 Å². The van der Waals surface area contributed by atoms with Crippen molar-refractivity contribution in [2.24, 2.45) is 17.6 Å². The van der Waals surface area contributed by atoms with Gasteiger partial charge in [-0.15, -0.1) is 0 Å². The maximum atomic E-state index is 11.8. The molecule has 0 radical (unpaired) electrons. The first-order chi connectivity index (χ1) is 8.73. The quantitative estimate of drug-likeness (QED) is 0.586. The molecule has 0 heterocycles. The van der Waals surface area contributed by atoms with Gasteiger partial charge in [0.05, 0.1) is 12.2 Å². The van der Waals surface area contributed by atoms with Crippen LogP contribution in [-0.2, 0) is 14.8 Å². The third-order valence-electron chi connectivity index (χ3n) is 3.10. The summed E-state index contributed by atoms with van der Waals surface area (Å²) < 4.78 is 24.1. The van der Waals surface area contributed by atoms with Crippen LogP contribution in [0.5, 0.6) is 0 Å². The van der Waals surface area contributed by atoms with Crippen molar-refractivity contribution >= 4 is 15.9 Å². The number of carbonyl (C=O) groups is 1. The molecule has 3 N–H and O–H groups in total. The lowest BCUT2D eigenvalue weighted by Gasteiger charge is -2.20. The zero-order valence-corrected chi connectivity index (χ0v) is 13.2. The van der Waals surface area contributed by atoms with Crippen LogP contribution in [-0.4, -0.2) is 51.1 Å². The minimum absolute atomic E-state index is 0.0556. The molecule has 0 spiro atoms. The van der Waals surface area contributed by atoms with Gasteiger partial charge in [0.15, 0.2) is 0 Å². The third kappa shape index (κ3) is 6.89. The second kappa shape index (κ2) is 8.50. The van der Waals surface area contributed by atoms with Crippen LogP contribution in [0.4, 0.5) is 0 Å². The van der Waals surface area contributed by atoms with Crippen LogP contribution >= 0.6 is 0 Å². The number of amides is 1. The van der Waals surface area contributed by atoms with E-state index in [-0.39, 0.29) is 17.7 Å². The Morgan fingerprint density at radius 1 is 1.37 bits per heavy atom. The van der Waals surface area contributed by atoms with E-state index in [0.717, 1.165) is 0 Å². The van der Waals surface area contributed by atoms with E-state index in [9.17, 15) is 13.2 Å². The molecule has 114 valence electrons. The van der Waals surface area contributed by atoms with Gasteiger partial charge in [-0.2, -0.15) is 0 Å². The number of nitrogens with one attached hydrogen (secondary N) is 1. The fourth-order valence-corrected chi connectivity index (χ4v) is 2.77. The van der Waals surface area contributed by atoms with E-state index in [1.165, 1.54) is 10.6 Å². The van der Waals surface area contributed by atoms with Crippen molar-refractivity contribution in [1.29, 1.82) is 0 Å². The number of hydrogen-bond acceptors (Lipinski definition) is 4. The summed E-state index contributed by atoms with van der Waals surface area (Å²) in [6.45, 7) is 7.37. The highest BCUT2D eigenvalue weighted by Gasteiger charge is 2.20. The molecule has 19 heavy (non-hydrogen) atoms. The fourth-order valence-electron chi connectivity index (χ4n) is 1.84. The number of carbonyl (C=O) groups excluding carboxylic acids is 1. The molecule has 0 aliphatic heterocycles. The van der Waals surface area contributed by atoms with Gasteiger partial charge in [-0.05, 0) is 12.3 Å². The largest absolute Gasteiger partial charge is 0.356 e. The lowest BCUT2D eigenvalue weighted by molar-refractivity contribution is -0.125. The van der Waals surface area contributed by atoms with Crippen molar-refractivity contribution in [3.8, 4) is 0 Å². The average Bonchev–Trinajstić information content (AvgIpc) is 2.27. The second-order valence-corrected chi connectivity index (χ2v) is 6.97. The highest BCUT2D eigenvalue weighted by atomic mass is 32.2. The van der Waals surface area contributed by atoms with Crippen LogP contribution in [0.15, 0.2) is 0 Å². The van der Waals surface area contributed by atoms with Crippen molar-refractivity contribution < 1.29 is 13.2 Å². The Morgan fingerprint density at radius 2 is 1.95 bits per heavy atom. The topological polar surface area (TPSA) is 92.5 Å². The van der Waals surface area contributed by atoms with Gasteiger partial charge in [-0.3, -0.25) is 4.79 Å². The first-order valence-corrected chi connectivity index (χ1v) is 8.51. The van der Waals surface area contributed by atoms with Crippen molar-refractivity contribution in [3.05, 3.63) is 0 Å². The molecule has 0 aliphatic carbocycles. The number of nitrogens with zero attached hydrogens (tertiary/aromatic N) is 1. The molecule has 1 unspecified atom stereocenters. The second-order valence-electron chi connectivity index (χ2n) is 4.99. The third-order valence-corrected chi connectivity index (χ3v) is 4.48. The minimum Gasteiger partial charge on any atom is -0.356 e. The molecule has 1 amide bonds. The first kappa shape index (κ1) is 18.3. The molecule has 0 bridgehead atoms. The molecule has 0 aromatic heterocycles. The van der Waals surface area contributed by atoms with Gasteiger partial charge in [-0.25, -0.2) is 12.7 Å². The summed E-state index contributed by atoms with van der Waals surface area (Å²) in [5, 5.41) is 2.81.